The number of nitrogens with zero attached hydrogens (tertiary/aromatic N) is 1. The van der Waals surface area contributed by atoms with Crippen molar-refractivity contribution in [2.75, 3.05) is 13.1 Å². The van der Waals surface area contributed by atoms with Crippen molar-refractivity contribution in [2.45, 2.75) is 33.1 Å². The normalized spacial score (nSPS) is 22.4. The third-order valence-electron chi connectivity index (χ3n) is 2.78. The first-order chi connectivity index (χ1) is 5.66. The second-order valence-electron chi connectivity index (χ2n) is 4.33. The first-order valence-corrected chi connectivity index (χ1v) is 4.77. The van der Waals surface area contributed by atoms with Crippen molar-refractivity contribution < 1.29 is 0 Å². The maximum atomic E-state index is 8.55. The average molecular weight is 166 g/mol. The molecular weight excluding hydrogens is 148 g/mol. The predicted octanol–water partition coefficient (Wildman–Crippen LogP) is 1.93. The fraction of sp³-hybridized carbons (Fsp3) is 0.900. The Kier molecular flexibility index (Phi) is 3.11. The Morgan fingerprint density at radius 2 is 2.25 bits per heavy atom. The molecule has 0 saturated heterocycles. The fourth-order valence-corrected chi connectivity index (χ4v) is 1.59. The summed E-state index contributed by atoms with van der Waals surface area (Å²) in [5.74, 6) is 0.147. The monoisotopic (exact) mass is 166 g/mol. The third-order valence-corrected chi connectivity index (χ3v) is 2.78. The SMILES string of the molecule is CC(C#N)CNCC1(C)CCC1. The minimum atomic E-state index is 0.147. The molecule has 1 saturated carbocycles. The molecule has 1 N–H and O–H groups in total. The largest absolute Gasteiger partial charge is 0.315 e. The van der Waals surface area contributed by atoms with Crippen LogP contribution >= 0.6 is 0 Å². The Labute approximate surface area is 75.0 Å². The number of hydrogen-bond donors (Lipinski definition) is 1. The zero-order chi connectivity index (χ0) is 9.03. The Balaban J connectivity index is 2.06. The number of nitrogens with one attached hydrogen (secondary N) is 1. The van der Waals surface area contributed by atoms with Crippen LogP contribution in [0.15, 0.2) is 0 Å². The molecule has 0 bridgehead atoms. The van der Waals surface area contributed by atoms with Crippen LogP contribution in [0, 0.1) is 22.7 Å². The van der Waals surface area contributed by atoms with E-state index in [0.717, 1.165) is 13.1 Å². The molecule has 1 rings (SSSR count). The quantitative estimate of drug-likeness (QED) is 0.692. The molecular formula is C10H18N2. The molecule has 1 aliphatic carbocycles. The smallest absolute Gasteiger partial charge is 0.0666 e. The standard InChI is InChI=1S/C10H18N2/c1-9(6-11)7-12-8-10(2)4-3-5-10/h9,12H,3-5,7-8H2,1-2H3. The molecule has 2 heteroatoms. The number of rotatable bonds is 4. The third kappa shape index (κ3) is 2.49. The summed E-state index contributed by atoms with van der Waals surface area (Å²) in [6.45, 7) is 6.20. The Morgan fingerprint density at radius 3 is 2.67 bits per heavy atom. The molecule has 2 nitrogen and oxygen atoms in total. The van der Waals surface area contributed by atoms with Crippen molar-refractivity contribution in [3.05, 3.63) is 0 Å². The van der Waals surface area contributed by atoms with Crippen LogP contribution in [0.2, 0.25) is 0 Å². The molecule has 12 heavy (non-hydrogen) atoms. The van der Waals surface area contributed by atoms with E-state index < -0.39 is 0 Å². The molecule has 0 radical (unpaired) electrons. The predicted molar refractivity (Wildman–Crippen MR) is 49.6 cm³/mol. The topological polar surface area (TPSA) is 35.8 Å². The summed E-state index contributed by atoms with van der Waals surface area (Å²) in [6, 6.07) is 2.22. The van der Waals surface area contributed by atoms with Crippen LogP contribution in [0.5, 0.6) is 0 Å². The van der Waals surface area contributed by atoms with E-state index in [4.69, 9.17) is 5.26 Å². The zero-order valence-electron chi connectivity index (χ0n) is 8.06. The van der Waals surface area contributed by atoms with Crippen molar-refractivity contribution in [3.8, 4) is 6.07 Å². The summed E-state index contributed by atoms with van der Waals surface area (Å²) in [5.41, 5.74) is 0.537. The first-order valence-electron chi connectivity index (χ1n) is 4.77. The maximum Gasteiger partial charge on any atom is 0.0666 e. The number of nitriles is 1. The molecule has 0 aromatic heterocycles. The summed E-state index contributed by atoms with van der Waals surface area (Å²) < 4.78 is 0. The molecule has 0 aromatic rings. The highest BCUT2D eigenvalue weighted by Crippen LogP contribution is 2.39. The van der Waals surface area contributed by atoms with Gasteiger partial charge in [0.25, 0.3) is 0 Å². The highest BCUT2D eigenvalue weighted by molar-refractivity contribution is 4.87. The van der Waals surface area contributed by atoms with Gasteiger partial charge in [0.1, 0.15) is 0 Å². The molecule has 0 aliphatic heterocycles. The van der Waals surface area contributed by atoms with Crippen molar-refractivity contribution >= 4 is 0 Å². The lowest BCUT2D eigenvalue weighted by Crippen LogP contribution is -2.38. The molecule has 1 atom stereocenters. The maximum absolute atomic E-state index is 8.55. The molecule has 0 aromatic carbocycles. The molecule has 0 spiro atoms. The van der Waals surface area contributed by atoms with E-state index in [0.29, 0.717) is 5.41 Å². The van der Waals surface area contributed by atoms with Crippen molar-refractivity contribution in [3.63, 3.8) is 0 Å². The molecule has 1 unspecified atom stereocenters. The van der Waals surface area contributed by atoms with Crippen LogP contribution in [0.4, 0.5) is 0 Å². The van der Waals surface area contributed by atoms with E-state index in [-0.39, 0.29) is 5.92 Å². The molecule has 68 valence electrons. The second-order valence-corrected chi connectivity index (χ2v) is 4.33. The molecule has 1 aliphatic rings. The van der Waals surface area contributed by atoms with Crippen LogP contribution in [0.3, 0.4) is 0 Å². The Bertz CT molecular complexity index is 177. The van der Waals surface area contributed by atoms with E-state index in [9.17, 15) is 0 Å². The minimum absolute atomic E-state index is 0.147. The van der Waals surface area contributed by atoms with E-state index in [1.165, 1.54) is 19.3 Å². The summed E-state index contributed by atoms with van der Waals surface area (Å²) >= 11 is 0. The van der Waals surface area contributed by atoms with Gasteiger partial charge in [-0.25, -0.2) is 0 Å². The van der Waals surface area contributed by atoms with E-state index in [2.05, 4.69) is 18.3 Å². The first kappa shape index (κ1) is 9.54. The van der Waals surface area contributed by atoms with E-state index in [1.54, 1.807) is 0 Å². The summed E-state index contributed by atoms with van der Waals surface area (Å²) in [7, 11) is 0. The Morgan fingerprint density at radius 1 is 1.58 bits per heavy atom. The van der Waals surface area contributed by atoms with Crippen molar-refractivity contribution in [2.24, 2.45) is 11.3 Å². The van der Waals surface area contributed by atoms with Gasteiger partial charge >= 0.3 is 0 Å². The van der Waals surface area contributed by atoms with Gasteiger partial charge in [-0.05, 0) is 25.2 Å². The number of hydrogen-bond acceptors (Lipinski definition) is 2. The van der Waals surface area contributed by atoms with Gasteiger partial charge < -0.3 is 5.32 Å². The van der Waals surface area contributed by atoms with Crippen LogP contribution in [0.25, 0.3) is 0 Å². The lowest BCUT2D eigenvalue weighted by Gasteiger charge is -2.38. The molecule has 0 heterocycles. The van der Waals surface area contributed by atoms with Crippen LogP contribution in [-0.4, -0.2) is 13.1 Å². The fourth-order valence-electron chi connectivity index (χ4n) is 1.59. The highest BCUT2D eigenvalue weighted by atomic mass is 14.9. The summed E-state index contributed by atoms with van der Waals surface area (Å²) in [6.07, 6.45) is 4.08. The van der Waals surface area contributed by atoms with Crippen LogP contribution in [-0.2, 0) is 0 Å². The average Bonchev–Trinajstić information content (AvgIpc) is 2.01. The van der Waals surface area contributed by atoms with E-state index >= 15 is 0 Å². The molecule has 1 fully saturated rings. The van der Waals surface area contributed by atoms with Gasteiger partial charge in [-0.1, -0.05) is 13.3 Å². The van der Waals surface area contributed by atoms with Gasteiger partial charge in [-0.2, -0.15) is 5.26 Å². The van der Waals surface area contributed by atoms with Gasteiger partial charge in [-0.15, -0.1) is 0 Å². The summed E-state index contributed by atoms with van der Waals surface area (Å²) in [5, 5.41) is 11.9. The van der Waals surface area contributed by atoms with Gasteiger partial charge in [0.2, 0.25) is 0 Å². The zero-order valence-corrected chi connectivity index (χ0v) is 8.06. The van der Waals surface area contributed by atoms with Gasteiger partial charge in [0, 0.05) is 13.1 Å². The van der Waals surface area contributed by atoms with E-state index in [1.807, 2.05) is 6.92 Å². The van der Waals surface area contributed by atoms with Gasteiger partial charge in [0.15, 0.2) is 0 Å². The van der Waals surface area contributed by atoms with Gasteiger partial charge in [-0.3, -0.25) is 0 Å². The van der Waals surface area contributed by atoms with Crippen LogP contribution in [0.1, 0.15) is 33.1 Å². The van der Waals surface area contributed by atoms with Crippen molar-refractivity contribution in [1.82, 2.24) is 5.32 Å². The second kappa shape index (κ2) is 3.91. The highest BCUT2D eigenvalue weighted by Gasteiger charge is 2.30. The lowest BCUT2D eigenvalue weighted by molar-refractivity contribution is 0.156. The van der Waals surface area contributed by atoms with Gasteiger partial charge in [0.05, 0.1) is 12.0 Å². The van der Waals surface area contributed by atoms with Crippen LogP contribution < -0.4 is 5.32 Å². The molecule has 0 amide bonds. The summed E-state index contributed by atoms with van der Waals surface area (Å²) in [4.78, 5) is 0. The Hall–Kier alpha value is -0.550. The minimum Gasteiger partial charge on any atom is -0.315 e. The lowest BCUT2D eigenvalue weighted by atomic mass is 9.70. The van der Waals surface area contributed by atoms with Crippen molar-refractivity contribution in [1.29, 1.82) is 5.26 Å².